The van der Waals surface area contributed by atoms with Crippen LogP contribution in [0.2, 0.25) is 5.02 Å². The van der Waals surface area contributed by atoms with E-state index < -0.39 is 0 Å². The third-order valence-corrected chi connectivity index (χ3v) is 3.15. The molecule has 3 nitrogen and oxygen atoms in total. The predicted molar refractivity (Wildman–Crippen MR) is 63.7 cm³/mol. The highest BCUT2D eigenvalue weighted by molar-refractivity contribution is 6.33. The van der Waals surface area contributed by atoms with Gasteiger partial charge >= 0.3 is 0 Å². The minimum Gasteiger partial charge on any atom is -0.367 e. The first-order valence-corrected chi connectivity index (χ1v) is 5.60. The largest absolute Gasteiger partial charge is 0.367 e. The molecule has 0 radical (unpaired) electrons. The van der Waals surface area contributed by atoms with E-state index in [4.69, 9.17) is 11.6 Å². The highest BCUT2D eigenvalue weighted by Crippen LogP contribution is 2.28. The number of hydrogen-bond acceptors (Lipinski definition) is 3. The van der Waals surface area contributed by atoms with Crippen LogP contribution in [0.15, 0.2) is 12.4 Å². The number of aryl methyl sites for hydroxylation is 1. The second kappa shape index (κ2) is 4.37. The fourth-order valence-electron chi connectivity index (χ4n) is 1.96. The molecule has 0 saturated carbocycles. The SMILES string of the molecule is Cc1cncc(Cl)c1N1CCN(C)CC1. The van der Waals surface area contributed by atoms with Crippen LogP contribution in [0.3, 0.4) is 0 Å². The second-order valence-electron chi connectivity index (χ2n) is 4.08. The summed E-state index contributed by atoms with van der Waals surface area (Å²) in [5.74, 6) is 0. The van der Waals surface area contributed by atoms with Crippen molar-refractivity contribution in [1.82, 2.24) is 9.88 Å². The lowest BCUT2D eigenvalue weighted by atomic mass is 10.2. The van der Waals surface area contributed by atoms with E-state index in [1.165, 1.54) is 0 Å². The van der Waals surface area contributed by atoms with Gasteiger partial charge in [-0.3, -0.25) is 4.98 Å². The number of nitrogens with zero attached hydrogens (tertiary/aromatic N) is 3. The van der Waals surface area contributed by atoms with Crippen LogP contribution < -0.4 is 4.90 Å². The van der Waals surface area contributed by atoms with Gasteiger partial charge in [0.05, 0.1) is 10.7 Å². The lowest BCUT2D eigenvalue weighted by molar-refractivity contribution is 0.312. The first-order chi connectivity index (χ1) is 7.18. The summed E-state index contributed by atoms with van der Waals surface area (Å²) in [6.45, 7) is 6.34. The number of piperazine rings is 1. The van der Waals surface area contributed by atoms with Gasteiger partial charge in [-0.1, -0.05) is 11.6 Å². The molecule has 82 valence electrons. The molecule has 0 unspecified atom stereocenters. The Morgan fingerprint density at radius 3 is 2.47 bits per heavy atom. The topological polar surface area (TPSA) is 19.4 Å². The van der Waals surface area contributed by atoms with Crippen LogP contribution in [0.4, 0.5) is 5.69 Å². The molecule has 0 N–H and O–H groups in total. The average molecular weight is 226 g/mol. The lowest BCUT2D eigenvalue weighted by Crippen LogP contribution is -2.44. The molecule has 1 saturated heterocycles. The quantitative estimate of drug-likeness (QED) is 0.727. The number of halogens is 1. The number of rotatable bonds is 1. The summed E-state index contributed by atoms with van der Waals surface area (Å²) >= 11 is 6.18. The normalized spacial score (nSPS) is 18.2. The maximum atomic E-state index is 6.18. The molecule has 1 aromatic rings. The third-order valence-electron chi connectivity index (χ3n) is 2.88. The molecular weight excluding hydrogens is 210 g/mol. The smallest absolute Gasteiger partial charge is 0.0825 e. The van der Waals surface area contributed by atoms with Gasteiger partial charge in [0.25, 0.3) is 0 Å². The Morgan fingerprint density at radius 2 is 1.87 bits per heavy atom. The van der Waals surface area contributed by atoms with E-state index in [0.29, 0.717) is 0 Å². The zero-order valence-electron chi connectivity index (χ0n) is 9.20. The highest BCUT2D eigenvalue weighted by Gasteiger charge is 2.18. The van der Waals surface area contributed by atoms with Gasteiger partial charge in [0.2, 0.25) is 0 Å². The van der Waals surface area contributed by atoms with Gasteiger partial charge in [0.1, 0.15) is 0 Å². The fourth-order valence-corrected chi connectivity index (χ4v) is 2.28. The second-order valence-corrected chi connectivity index (χ2v) is 4.48. The molecule has 0 bridgehead atoms. The third kappa shape index (κ3) is 2.24. The van der Waals surface area contributed by atoms with Crippen LogP contribution in [0.5, 0.6) is 0 Å². The summed E-state index contributed by atoms with van der Waals surface area (Å²) in [4.78, 5) is 8.77. The first-order valence-electron chi connectivity index (χ1n) is 5.22. The molecule has 1 aliphatic heterocycles. The summed E-state index contributed by atoms with van der Waals surface area (Å²) in [5.41, 5.74) is 2.31. The van der Waals surface area contributed by atoms with Crippen molar-refractivity contribution < 1.29 is 0 Å². The minimum absolute atomic E-state index is 0.763. The monoisotopic (exact) mass is 225 g/mol. The lowest BCUT2D eigenvalue weighted by Gasteiger charge is -2.35. The standard InChI is InChI=1S/C11H16ClN3/c1-9-7-13-8-10(12)11(9)15-5-3-14(2)4-6-15/h7-8H,3-6H2,1-2H3. The predicted octanol–water partition coefficient (Wildman–Crippen LogP) is 1.80. The first kappa shape index (κ1) is 10.7. The molecular formula is C11H16ClN3. The highest BCUT2D eigenvalue weighted by atomic mass is 35.5. The number of anilines is 1. The Morgan fingerprint density at radius 1 is 1.20 bits per heavy atom. The van der Waals surface area contributed by atoms with Crippen LogP contribution >= 0.6 is 11.6 Å². The molecule has 1 fully saturated rings. The van der Waals surface area contributed by atoms with Gasteiger partial charge in [-0.25, -0.2) is 0 Å². The molecule has 0 aliphatic carbocycles. The fraction of sp³-hybridized carbons (Fsp3) is 0.545. The summed E-state index contributed by atoms with van der Waals surface area (Å²) in [5, 5.41) is 0.763. The molecule has 4 heteroatoms. The van der Waals surface area contributed by atoms with Gasteiger partial charge in [0.15, 0.2) is 0 Å². The van der Waals surface area contributed by atoms with Gasteiger partial charge in [0, 0.05) is 38.6 Å². The van der Waals surface area contributed by atoms with Crippen molar-refractivity contribution in [2.24, 2.45) is 0 Å². The molecule has 1 aliphatic rings. The molecule has 1 aromatic heterocycles. The van der Waals surface area contributed by atoms with Gasteiger partial charge in [-0.15, -0.1) is 0 Å². The Balaban J connectivity index is 2.22. The molecule has 0 atom stereocenters. The van der Waals surface area contributed by atoms with Crippen LogP contribution in [0, 0.1) is 6.92 Å². The number of pyridine rings is 1. The van der Waals surface area contributed by atoms with Crippen LogP contribution in [0.25, 0.3) is 0 Å². The minimum atomic E-state index is 0.763. The van der Waals surface area contributed by atoms with Crippen molar-refractivity contribution in [2.75, 3.05) is 38.1 Å². The Kier molecular flexibility index (Phi) is 3.12. The van der Waals surface area contributed by atoms with Gasteiger partial charge < -0.3 is 9.80 Å². The van der Waals surface area contributed by atoms with E-state index in [2.05, 4.69) is 28.8 Å². The average Bonchev–Trinajstić information content (AvgIpc) is 2.20. The maximum absolute atomic E-state index is 6.18. The van der Waals surface area contributed by atoms with Gasteiger partial charge in [-0.2, -0.15) is 0 Å². The Labute approximate surface area is 95.7 Å². The summed E-state index contributed by atoms with van der Waals surface area (Å²) in [6.07, 6.45) is 3.60. The van der Waals surface area contributed by atoms with Crippen molar-refractivity contribution in [3.05, 3.63) is 23.0 Å². The molecule has 2 heterocycles. The molecule has 15 heavy (non-hydrogen) atoms. The summed E-state index contributed by atoms with van der Waals surface area (Å²) < 4.78 is 0. The Hall–Kier alpha value is -0.800. The van der Waals surface area contributed by atoms with Crippen LogP contribution in [0.1, 0.15) is 5.56 Å². The van der Waals surface area contributed by atoms with E-state index in [1.54, 1.807) is 6.20 Å². The van der Waals surface area contributed by atoms with E-state index in [0.717, 1.165) is 42.5 Å². The molecule has 0 aromatic carbocycles. The van der Waals surface area contributed by atoms with Crippen molar-refractivity contribution in [2.45, 2.75) is 6.92 Å². The zero-order valence-corrected chi connectivity index (χ0v) is 9.96. The van der Waals surface area contributed by atoms with Crippen molar-refractivity contribution >= 4 is 17.3 Å². The van der Waals surface area contributed by atoms with E-state index in [-0.39, 0.29) is 0 Å². The zero-order chi connectivity index (χ0) is 10.8. The van der Waals surface area contributed by atoms with E-state index in [1.807, 2.05) is 6.20 Å². The number of aromatic nitrogens is 1. The number of likely N-dealkylation sites (N-methyl/N-ethyl adjacent to an activating group) is 1. The van der Waals surface area contributed by atoms with Crippen molar-refractivity contribution in [3.63, 3.8) is 0 Å². The van der Waals surface area contributed by atoms with E-state index >= 15 is 0 Å². The molecule has 0 amide bonds. The Bertz CT molecular complexity index is 325. The molecule has 2 rings (SSSR count). The number of hydrogen-bond donors (Lipinski definition) is 0. The summed E-state index contributed by atoms with van der Waals surface area (Å²) in [6, 6.07) is 0. The summed E-state index contributed by atoms with van der Waals surface area (Å²) in [7, 11) is 2.15. The molecule has 0 spiro atoms. The maximum Gasteiger partial charge on any atom is 0.0825 e. The van der Waals surface area contributed by atoms with Crippen LogP contribution in [-0.4, -0.2) is 43.1 Å². The van der Waals surface area contributed by atoms with Crippen LogP contribution in [-0.2, 0) is 0 Å². The van der Waals surface area contributed by atoms with Crippen molar-refractivity contribution in [1.29, 1.82) is 0 Å². The van der Waals surface area contributed by atoms with Gasteiger partial charge in [-0.05, 0) is 19.5 Å². The van der Waals surface area contributed by atoms with E-state index in [9.17, 15) is 0 Å². The van der Waals surface area contributed by atoms with Crippen molar-refractivity contribution in [3.8, 4) is 0 Å².